The summed E-state index contributed by atoms with van der Waals surface area (Å²) in [6.45, 7) is 6.06. The van der Waals surface area contributed by atoms with E-state index in [4.69, 9.17) is 10.5 Å². The monoisotopic (exact) mass is 569 g/mol. The van der Waals surface area contributed by atoms with Crippen molar-refractivity contribution in [3.05, 3.63) is 83.0 Å². The maximum Gasteiger partial charge on any atom is 0.420 e. The van der Waals surface area contributed by atoms with Crippen molar-refractivity contribution in [2.75, 3.05) is 42.1 Å². The van der Waals surface area contributed by atoms with Crippen LogP contribution < -0.4 is 16.0 Å². The van der Waals surface area contributed by atoms with Crippen LogP contribution in [0.3, 0.4) is 0 Å². The van der Waals surface area contributed by atoms with E-state index in [0.717, 1.165) is 11.1 Å². The van der Waals surface area contributed by atoms with E-state index in [1.165, 1.54) is 23.1 Å². The molecule has 8 nitrogen and oxygen atoms in total. The number of pyridine rings is 1. The van der Waals surface area contributed by atoms with E-state index in [1.54, 1.807) is 56.1 Å². The number of ether oxygens (including phenoxy) is 1. The molecule has 2 amide bonds. The smallest absolute Gasteiger partial charge is 0.420 e. The highest BCUT2D eigenvalue weighted by Crippen LogP contribution is 2.42. The number of carbonyl (C=O) groups is 2. The summed E-state index contributed by atoms with van der Waals surface area (Å²) in [6, 6.07) is 14.5. The molecule has 0 saturated carbocycles. The lowest BCUT2D eigenvalue weighted by Crippen LogP contribution is -2.50. The lowest BCUT2D eigenvalue weighted by molar-refractivity contribution is -0.136. The predicted molar refractivity (Wildman–Crippen MR) is 152 cm³/mol. The third kappa shape index (κ3) is 7.90. The maximum atomic E-state index is 14.4. The number of nitrogens with two attached hydrogens (primary N) is 1. The van der Waals surface area contributed by atoms with Crippen LogP contribution in [0.4, 0.5) is 35.2 Å². The van der Waals surface area contributed by atoms with E-state index in [9.17, 15) is 22.8 Å². The largest absolute Gasteiger partial charge is 0.444 e. The molecule has 1 aliphatic heterocycles. The first-order valence-corrected chi connectivity index (χ1v) is 13.3. The van der Waals surface area contributed by atoms with Gasteiger partial charge < -0.3 is 25.6 Å². The fourth-order valence-electron chi connectivity index (χ4n) is 4.60. The number of nitrogens with zero attached hydrogens (tertiary/aromatic N) is 3. The Balaban J connectivity index is 1.48. The number of aryl methyl sites for hydroxylation is 2. The Kier molecular flexibility index (Phi) is 8.74. The molecule has 3 aromatic rings. The van der Waals surface area contributed by atoms with Crippen LogP contribution in [-0.4, -0.2) is 53.7 Å². The van der Waals surface area contributed by atoms with Gasteiger partial charge in [-0.25, -0.2) is 9.78 Å². The van der Waals surface area contributed by atoms with Gasteiger partial charge in [-0.3, -0.25) is 4.79 Å². The van der Waals surface area contributed by atoms with Gasteiger partial charge in [0, 0.05) is 37.9 Å². The number of amides is 2. The van der Waals surface area contributed by atoms with Crippen molar-refractivity contribution in [3.8, 4) is 0 Å². The summed E-state index contributed by atoms with van der Waals surface area (Å²) in [7, 11) is 0. The van der Waals surface area contributed by atoms with Crippen LogP contribution in [0.15, 0.2) is 60.8 Å². The Morgan fingerprint density at radius 3 is 2.27 bits per heavy atom. The molecule has 1 aromatic heterocycles. The lowest BCUT2D eigenvalue weighted by Gasteiger charge is -2.38. The molecule has 41 heavy (non-hydrogen) atoms. The molecule has 2 heterocycles. The normalized spacial score (nSPS) is 14.1. The number of piperazine rings is 1. The number of anilines is 3. The molecule has 0 aliphatic carbocycles. The van der Waals surface area contributed by atoms with Crippen LogP contribution in [-0.2, 0) is 23.8 Å². The molecule has 1 saturated heterocycles. The van der Waals surface area contributed by atoms with Gasteiger partial charge in [0.05, 0.1) is 11.4 Å². The first-order valence-electron chi connectivity index (χ1n) is 13.3. The highest BCUT2D eigenvalue weighted by Gasteiger charge is 2.39. The Morgan fingerprint density at radius 1 is 0.951 bits per heavy atom. The van der Waals surface area contributed by atoms with E-state index in [0.29, 0.717) is 18.7 Å². The number of nitrogen functional groups attached to an aromatic ring is 1. The van der Waals surface area contributed by atoms with Gasteiger partial charge in [-0.1, -0.05) is 24.3 Å². The van der Waals surface area contributed by atoms with Gasteiger partial charge in [-0.2, -0.15) is 13.2 Å². The fraction of sp³-hybridized carbons (Fsp3) is 0.367. The summed E-state index contributed by atoms with van der Waals surface area (Å²) in [5.74, 6) is -0.212. The van der Waals surface area contributed by atoms with Crippen LogP contribution >= 0.6 is 0 Å². The van der Waals surface area contributed by atoms with Crippen LogP contribution in [0, 0.1) is 0 Å². The summed E-state index contributed by atoms with van der Waals surface area (Å²) in [5, 5.41) is 2.48. The second kappa shape index (κ2) is 12.1. The molecule has 0 unspecified atom stereocenters. The quantitative estimate of drug-likeness (QED) is 0.391. The van der Waals surface area contributed by atoms with Crippen molar-refractivity contribution in [3.63, 3.8) is 0 Å². The Hall–Kier alpha value is -4.28. The van der Waals surface area contributed by atoms with Gasteiger partial charge in [-0.05, 0) is 75.1 Å². The first-order chi connectivity index (χ1) is 19.3. The average Bonchev–Trinajstić information content (AvgIpc) is 2.91. The van der Waals surface area contributed by atoms with Crippen LogP contribution in [0.5, 0.6) is 0 Å². The highest BCUT2D eigenvalue weighted by atomic mass is 19.4. The Labute approximate surface area is 237 Å². The van der Waals surface area contributed by atoms with E-state index in [1.807, 2.05) is 12.1 Å². The van der Waals surface area contributed by atoms with Crippen molar-refractivity contribution in [1.82, 2.24) is 9.88 Å². The zero-order chi connectivity index (χ0) is 29.8. The highest BCUT2D eigenvalue weighted by molar-refractivity contribution is 6.05. The molecule has 0 bridgehead atoms. The summed E-state index contributed by atoms with van der Waals surface area (Å²) in [5.41, 5.74) is 5.75. The van der Waals surface area contributed by atoms with Gasteiger partial charge in [0.1, 0.15) is 17.0 Å². The number of aromatic nitrogens is 1. The van der Waals surface area contributed by atoms with Gasteiger partial charge in [0.2, 0.25) is 0 Å². The second-order valence-electron chi connectivity index (χ2n) is 10.9. The molecular weight excluding hydrogens is 535 g/mol. The minimum atomic E-state index is -4.73. The number of benzene rings is 2. The number of hydrogen-bond donors (Lipinski definition) is 2. The van der Waals surface area contributed by atoms with Gasteiger partial charge in [0.25, 0.3) is 5.91 Å². The van der Waals surface area contributed by atoms with Crippen LogP contribution in [0.25, 0.3) is 0 Å². The molecule has 1 fully saturated rings. The second-order valence-corrected chi connectivity index (χ2v) is 10.9. The number of carbonyl (C=O) groups excluding carboxylic acids is 2. The standard InChI is InChI=1S/C30H34F3N5O3/c1-29(2,3)41-28(40)38-16-14-37(15-17-38)24-9-5-8-23(26(24)30(31,32)33)36-27(39)22-7-4-6-20(18-22)10-11-21-12-13-25(34)35-19-21/h4-9,12-13,18-19H,10-11,14-17H2,1-3H3,(H2,34,35)(H,36,39). The number of hydrogen-bond acceptors (Lipinski definition) is 6. The van der Waals surface area contributed by atoms with Crippen molar-refractivity contribution < 1.29 is 27.5 Å². The molecule has 218 valence electrons. The third-order valence-corrected chi connectivity index (χ3v) is 6.59. The molecule has 11 heteroatoms. The number of alkyl halides is 3. The SMILES string of the molecule is CC(C)(C)OC(=O)N1CCN(c2cccc(NC(=O)c3cccc(CCc4ccc(N)nc4)c3)c2C(F)(F)F)CC1. The summed E-state index contributed by atoms with van der Waals surface area (Å²) in [4.78, 5) is 32.6. The number of halogens is 3. The minimum Gasteiger partial charge on any atom is -0.444 e. The molecule has 1 aliphatic rings. The van der Waals surface area contributed by atoms with Gasteiger partial charge >= 0.3 is 12.3 Å². The van der Waals surface area contributed by atoms with Gasteiger partial charge in [-0.15, -0.1) is 0 Å². The van der Waals surface area contributed by atoms with Crippen molar-refractivity contribution in [1.29, 1.82) is 0 Å². The fourth-order valence-corrected chi connectivity index (χ4v) is 4.60. The average molecular weight is 570 g/mol. The molecule has 0 spiro atoms. The summed E-state index contributed by atoms with van der Waals surface area (Å²) < 4.78 is 48.5. The van der Waals surface area contributed by atoms with E-state index < -0.39 is 29.3 Å². The number of nitrogens with one attached hydrogen (secondary N) is 1. The zero-order valence-corrected chi connectivity index (χ0v) is 23.3. The molecule has 0 radical (unpaired) electrons. The van der Waals surface area contributed by atoms with Crippen LogP contribution in [0.2, 0.25) is 0 Å². The van der Waals surface area contributed by atoms with Crippen LogP contribution in [0.1, 0.15) is 47.8 Å². The summed E-state index contributed by atoms with van der Waals surface area (Å²) in [6.07, 6.45) is -2.25. The van der Waals surface area contributed by atoms with E-state index >= 15 is 0 Å². The lowest BCUT2D eigenvalue weighted by atomic mass is 10.0. The predicted octanol–water partition coefficient (Wildman–Crippen LogP) is 5.78. The Bertz CT molecular complexity index is 1380. The molecule has 4 rings (SSSR count). The number of rotatable bonds is 6. The molecule has 0 atom stereocenters. The summed E-state index contributed by atoms with van der Waals surface area (Å²) >= 11 is 0. The van der Waals surface area contributed by atoms with Crippen molar-refractivity contribution in [2.24, 2.45) is 0 Å². The molecular formula is C30H34F3N5O3. The zero-order valence-electron chi connectivity index (χ0n) is 23.3. The van der Waals surface area contributed by atoms with E-state index in [2.05, 4.69) is 10.3 Å². The first kappa shape index (κ1) is 29.7. The Morgan fingerprint density at radius 2 is 1.63 bits per heavy atom. The third-order valence-electron chi connectivity index (χ3n) is 6.59. The molecule has 2 aromatic carbocycles. The van der Waals surface area contributed by atoms with E-state index in [-0.39, 0.29) is 43.1 Å². The molecule has 3 N–H and O–H groups in total. The van der Waals surface area contributed by atoms with Gasteiger partial charge in [0.15, 0.2) is 0 Å². The van der Waals surface area contributed by atoms with Crippen molar-refractivity contribution in [2.45, 2.75) is 45.4 Å². The topological polar surface area (TPSA) is 101 Å². The maximum absolute atomic E-state index is 14.4. The minimum absolute atomic E-state index is 0.0509. The van der Waals surface area contributed by atoms with Crippen molar-refractivity contribution >= 4 is 29.2 Å².